The van der Waals surface area contributed by atoms with Gasteiger partial charge in [-0.3, -0.25) is 4.79 Å². The van der Waals surface area contributed by atoms with Crippen molar-refractivity contribution in [1.82, 2.24) is 9.97 Å². The highest BCUT2D eigenvalue weighted by molar-refractivity contribution is 6.02. The summed E-state index contributed by atoms with van der Waals surface area (Å²) in [6.45, 7) is 2.77. The maximum atomic E-state index is 12.5. The van der Waals surface area contributed by atoms with Gasteiger partial charge in [0.1, 0.15) is 5.69 Å². The van der Waals surface area contributed by atoms with Gasteiger partial charge in [-0.15, -0.1) is 0 Å². The number of rotatable bonds is 7. The van der Waals surface area contributed by atoms with Gasteiger partial charge in [0.15, 0.2) is 17.3 Å². The van der Waals surface area contributed by atoms with Crippen LogP contribution in [0.4, 0.5) is 17.2 Å². The third-order valence-corrected chi connectivity index (χ3v) is 4.17. The number of carbonyl (C=O) groups is 1. The average molecular weight is 378 g/mol. The number of benzene rings is 2. The van der Waals surface area contributed by atoms with E-state index in [4.69, 9.17) is 9.47 Å². The Labute approximate surface area is 164 Å². The molecule has 1 N–H and O–H groups in total. The number of ether oxygens (including phenoxy) is 2. The molecule has 0 fully saturated rings. The first-order chi connectivity index (χ1) is 13.7. The van der Waals surface area contributed by atoms with Crippen LogP contribution in [0.2, 0.25) is 0 Å². The topological polar surface area (TPSA) is 76.6 Å². The Morgan fingerprint density at radius 3 is 2.36 bits per heavy atom. The SMILES string of the molecule is CCN(c1ccccc1)c1cnc(C(=O)Nc2ccc(OC)c(OC)c2)cn1. The highest BCUT2D eigenvalue weighted by Gasteiger charge is 2.13. The lowest BCUT2D eigenvalue weighted by atomic mass is 10.2. The van der Waals surface area contributed by atoms with E-state index in [1.165, 1.54) is 6.20 Å². The summed E-state index contributed by atoms with van der Waals surface area (Å²) < 4.78 is 10.4. The number of carbonyl (C=O) groups excluding carboxylic acids is 1. The molecule has 28 heavy (non-hydrogen) atoms. The van der Waals surface area contributed by atoms with Gasteiger partial charge in [-0.05, 0) is 31.2 Å². The molecule has 0 aliphatic heterocycles. The lowest BCUT2D eigenvalue weighted by Gasteiger charge is -2.21. The van der Waals surface area contributed by atoms with E-state index in [1.807, 2.05) is 42.2 Å². The van der Waals surface area contributed by atoms with Crippen molar-refractivity contribution in [3.8, 4) is 11.5 Å². The van der Waals surface area contributed by atoms with Crippen LogP contribution in [0.15, 0.2) is 60.9 Å². The molecule has 0 spiro atoms. The van der Waals surface area contributed by atoms with E-state index in [2.05, 4.69) is 15.3 Å². The summed E-state index contributed by atoms with van der Waals surface area (Å²) in [6, 6.07) is 15.0. The van der Waals surface area contributed by atoms with Crippen LogP contribution in [0, 0.1) is 0 Å². The first kappa shape index (κ1) is 19.2. The molecule has 0 saturated heterocycles. The van der Waals surface area contributed by atoms with Crippen molar-refractivity contribution in [2.75, 3.05) is 31.0 Å². The summed E-state index contributed by atoms with van der Waals surface area (Å²) in [5.74, 6) is 1.44. The van der Waals surface area contributed by atoms with Crippen LogP contribution in [0.1, 0.15) is 17.4 Å². The smallest absolute Gasteiger partial charge is 0.275 e. The first-order valence-electron chi connectivity index (χ1n) is 8.84. The Kier molecular flexibility index (Phi) is 6.06. The molecule has 3 rings (SSSR count). The molecule has 0 bridgehead atoms. The minimum atomic E-state index is -0.353. The van der Waals surface area contributed by atoms with Crippen LogP contribution in [0.3, 0.4) is 0 Å². The van der Waals surface area contributed by atoms with Crippen LogP contribution >= 0.6 is 0 Å². The monoisotopic (exact) mass is 378 g/mol. The summed E-state index contributed by atoms with van der Waals surface area (Å²) in [4.78, 5) is 23.2. The van der Waals surface area contributed by atoms with Crippen molar-refractivity contribution in [1.29, 1.82) is 0 Å². The molecule has 1 amide bonds. The van der Waals surface area contributed by atoms with Gasteiger partial charge in [0, 0.05) is 24.0 Å². The molecule has 0 unspecified atom stereocenters. The Morgan fingerprint density at radius 1 is 1.00 bits per heavy atom. The Balaban J connectivity index is 1.75. The molecule has 1 aromatic heterocycles. The van der Waals surface area contributed by atoms with Gasteiger partial charge in [-0.25, -0.2) is 9.97 Å². The van der Waals surface area contributed by atoms with E-state index < -0.39 is 0 Å². The van der Waals surface area contributed by atoms with Gasteiger partial charge in [-0.2, -0.15) is 0 Å². The molecule has 2 aromatic carbocycles. The number of hydrogen-bond donors (Lipinski definition) is 1. The van der Waals surface area contributed by atoms with Gasteiger partial charge in [0.2, 0.25) is 0 Å². The highest BCUT2D eigenvalue weighted by Crippen LogP contribution is 2.30. The third kappa shape index (κ3) is 4.20. The lowest BCUT2D eigenvalue weighted by molar-refractivity contribution is 0.102. The summed E-state index contributed by atoms with van der Waals surface area (Å²) in [7, 11) is 3.10. The molecule has 0 aliphatic rings. The van der Waals surface area contributed by atoms with Crippen molar-refractivity contribution >= 4 is 23.1 Å². The zero-order valence-corrected chi connectivity index (χ0v) is 16.0. The standard InChI is InChI=1S/C21H22N4O3/c1-4-25(16-8-6-5-7-9-16)20-14-22-17(13-23-20)21(26)24-15-10-11-18(27-2)19(12-15)28-3/h5-14H,4H2,1-3H3,(H,24,26). The van der Waals surface area contributed by atoms with E-state index in [9.17, 15) is 4.79 Å². The van der Waals surface area contributed by atoms with Crippen LogP contribution in [0.5, 0.6) is 11.5 Å². The zero-order valence-electron chi connectivity index (χ0n) is 16.0. The summed E-state index contributed by atoms with van der Waals surface area (Å²) in [5, 5.41) is 2.79. The van der Waals surface area contributed by atoms with Gasteiger partial charge >= 0.3 is 0 Å². The molecule has 0 saturated carbocycles. The number of nitrogens with zero attached hydrogens (tertiary/aromatic N) is 3. The lowest BCUT2D eigenvalue weighted by Crippen LogP contribution is -2.19. The Morgan fingerprint density at radius 2 is 1.75 bits per heavy atom. The minimum absolute atomic E-state index is 0.225. The summed E-state index contributed by atoms with van der Waals surface area (Å²) >= 11 is 0. The molecule has 0 aliphatic carbocycles. The fourth-order valence-corrected chi connectivity index (χ4v) is 2.77. The van der Waals surface area contributed by atoms with E-state index in [0.717, 1.165) is 12.2 Å². The van der Waals surface area contributed by atoms with Crippen molar-refractivity contribution in [2.45, 2.75) is 6.92 Å². The normalized spacial score (nSPS) is 10.2. The predicted octanol–water partition coefficient (Wildman–Crippen LogP) is 3.90. The number of hydrogen-bond acceptors (Lipinski definition) is 6. The number of para-hydroxylation sites is 1. The Hall–Kier alpha value is -3.61. The van der Waals surface area contributed by atoms with Crippen LogP contribution < -0.4 is 19.7 Å². The largest absolute Gasteiger partial charge is 0.493 e. The molecule has 3 aromatic rings. The second-order valence-corrected chi connectivity index (χ2v) is 5.86. The second-order valence-electron chi connectivity index (χ2n) is 5.86. The van der Waals surface area contributed by atoms with E-state index >= 15 is 0 Å². The Bertz CT molecular complexity index is 930. The van der Waals surface area contributed by atoms with Crippen molar-refractivity contribution < 1.29 is 14.3 Å². The fourth-order valence-electron chi connectivity index (χ4n) is 2.77. The fraction of sp³-hybridized carbons (Fsp3) is 0.190. The van der Waals surface area contributed by atoms with E-state index in [-0.39, 0.29) is 11.6 Å². The molecule has 7 nitrogen and oxygen atoms in total. The van der Waals surface area contributed by atoms with Crippen LogP contribution in [0.25, 0.3) is 0 Å². The molecule has 0 atom stereocenters. The van der Waals surface area contributed by atoms with Crippen LogP contribution in [-0.4, -0.2) is 36.6 Å². The van der Waals surface area contributed by atoms with Gasteiger partial charge in [0.05, 0.1) is 26.6 Å². The molecule has 0 radical (unpaired) electrons. The molecular weight excluding hydrogens is 356 g/mol. The first-order valence-corrected chi connectivity index (χ1v) is 8.84. The molecular formula is C21H22N4O3. The average Bonchev–Trinajstić information content (AvgIpc) is 2.75. The summed E-state index contributed by atoms with van der Waals surface area (Å²) in [6.07, 6.45) is 3.07. The molecule has 144 valence electrons. The highest BCUT2D eigenvalue weighted by atomic mass is 16.5. The van der Waals surface area contributed by atoms with Crippen molar-refractivity contribution in [2.24, 2.45) is 0 Å². The van der Waals surface area contributed by atoms with Crippen molar-refractivity contribution in [3.63, 3.8) is 0 Å². The number of amides is 1. The molecule has 7 heteroatoms. The number of anilines is 3. The quantitative estimate of drug-likeness (QED) is 0.672. The maximum absolute atomic E-state index is 12.5. The van der Waals surface area contributed by atoms with E-state index in [0.29, 0.717) is 23.0 Å². The number of methoxy groups -OCH3 is 2. The van der Waals surface area contributed by atoms with Gasteiger partial charge in [0.25, 0.3) is 5.91 Å². The second kappa shape index (κ2) is 8.85. The maximum Gasteiger partial charge on any atom is 0.275 e. The number of aromatic nitrogens is 2. The summed E-state index contributed by atoms with van der Waals surface area (Å²) in [5.41, 5.74) is 1.82. The van der Waals surface area contributed by atoms with E-state index in [1.54, 1.807) is 38.6 Å². The zero-order chi connectivity index (χ0) is 19.9. The number of nitrogens with one attached hydrogen (secondary N) is 1. The van der Waals surface area contributed by atoms with Crippen molar-refractivity contribution in [3.05, 3.63) is 66.6 Å². The van der Waals surface area contributed by atoms with Gasteiger partial charge < -0.3 is 19.7 Å². The minimum Gasteiger partial charge on any atom is -0.493 e. The molecule has 1 heterocycles. The van der Waals surface area contributed by atoms with Gasteiger partial charge in [-0.1, -0.05) is 18.2 Å². The van der Waals surface area contributed by atoms with Crippen LogP contribution in [-0.2, 0) is 0 Å². The third-order valence-electron chi connectivity index (χ3n) is 4.17. The predicted molar refractivity (Wildman–Crippen MR) is 109 cm³/mol.